The van der Waals surface area contributed by atoms with E-state index >= 15 is 0 Å². The Balaban J connectivity index is 1.16. The van der Waals surface area contributed by atoms with Gasteiger partial charge in [0.2, 0.25) is 0 Å². The van der Waals surface area contributed by atoms with Gasteiger partial charge in [-0.1, -0.05) is 30.3 Å². The van der Waals surface area contributed by atoms with E-state index in [0.717, 1.165) is 37.6 Å². The minimum absolute atomic E-state index is 0.0986. The van der Waals surface area contributed by atoms with Crippen LogP contribution in [0.25, 0.3) is 5.82 Å². The number of ether oxygens (including phenoxy) is 1. The first kappa shape index (κ1) is 18.5. The normalized spacial score (nSPS) is 24.7. The van der Waals surface area contributed by atoms with Gasteiger partial charge in [0.1, 0.15) is 12.6 Å². The predicted molar refractivity (Wildman–Crippen MR) is 113 cm³/mol. The van der Waals surface area contributed by atoms with Gasteiger partial charge < -0.3 is 14.5 Å². The third-order valence-corrected chi connectivity index (χ3v) is 6.80. The summed E-state index contributed by atoms with van der Waals surface area (Å²) in [6.07, 6.45) is 8.36. The van der Waals surface area contributed by atoms with Crippen molar-refractivity contribution in [3.8, 4) is 5.82 Å². The maximum absolute atomic E-state index is 13.5. The van der Waals surface area contributed by atoms with Crippen molar-refractivity contribution in [2.75, 3.05) is 18.0 Å². The van der Waals surface area contributed by atoms with Crippen molar-refractivity contribution in [3.63, 3.8) is 0 Å². The number of amides is 1. The molecule has 3 aromatic rings. The van der Waals surface area contributed by atoms with Crippen molar-refractivity contribution in [1.82, 2.24) is 24.6 Å². The van der Waals surface area contributed by atoms with Crippen molar-refractivity contribution >= 4 is 11.7 Å². The molecule has 158 valence electrons. The first-order chi connectivity index (χ1) is 15.2. The zero-order valence-electron chi connectivity index (χ0n) is 17.2. The van der Waals surface area contributed by atoms with Crippen LogP contribution in [0.1, 0.15) is 37.3 Å². The lowest BCUT2D eigenvalue weighted by molar-refractivity contribution is -0.140. The Hall–Kier alpha value is -3.26. The van der Waals surface area contributed by atoms with Crippen LogP contribution in [0.2, 0.25) is 0 Å². The Labute approximate surface area is 180 Å². The van der Waals surface area contributed by atoms with Gasteiger partial charge in [0.05, 0.1) is 6.04 Å². The van der Waals surface area contributed by atoms with Crippen LogP contribution in [0.3, 0.4) is 0 Å². The summed E-state index contributed by atoms with van der Waals surface area (Å²) >= 11 is 0. The lowest BCUT2D eigenvalue weighted by Crippen LogP contribution is -2.50. The maximum Gasteiger partial charge on any atom is 0.257 e. The molecule has 3 aliphatic heterocycles. The van der Waals surface area contributed by atoms with Crippen LogP contribution in [0.4, 0.5) is 5.82 Å². The Kier molecular flexibility index (Phi) is 4.27. The van der Waals surface area contributed by atoms with E-state index in [1.54, 1.807) is 12.5 Å². The van der Waals surface area contributed by atoms with E-state index in [1.807, 2.05) is 46.0 Å². The topological polar surface area (TPSA) is 76.4 Å². The van der Waals surface area contributed by atoms with E-state index < -0.39 is 5.60 Å². The number of fused-ring (bicyclic) bond motifs is 1. The molecule has 3 aliphatic rings. The smallest absolute Gasteiger partial charge is 0.257 e. The molecule has 0 bridgehead atoms. The second-order valence-corrected chi connectivity index (χ2v) is 8.49. The second-order valence-electron chi connectivity index (χ2n) is 8.49. The van der Waals surface area contributed by atoms with E-state index in [4.69, 9.17) is 4.74 Å². The van der Waals surface area contributed by atoms with Crippen LogP contribution < -0.4 is 4.90 Å². The molecule has 0 radical (unpaired) electrons. The molecule has 2 aromatic heterocycles. The van der Waals surface area contributed by atoms with Gasteiger partial charge in [-0.2, -0.15) is 0 Å². The quantitative estimate of drug-likeness (QED) is 0.654. The number of hydrogen-bond acceptors (Lipinski definition) is 6. The number of aromatic nitrogens is 4. The molecule has 0 N–H and O–H groups in total. The molecule has 1 unspecified atom stereocenters. The molecule has 3 saturated heterocycles. The highest BCUT2D eigenvalue weighted by atomic mass is 16.6. The van der Waals surface area contributed by atoms with Gasteiger partial charge in [0, 0.05) is 38.3 Å². The molecule has 6 rings (SSSR count). The summed E-state index contributed by atoms with van der Waals surface area (Å²) in [5.41, 5.74) is 0.503. The number of anilines is 1. The summed E-state index contributed by atoms with van der Waals surface area (Å²) in [5, 5.41) is 8.71. The molecule has 5 heterocycles. The fraction of sp³-hybridized carbons (Fsp3) is 0.391. The molecule has 1 spiro atoms. The standard InChI is InChI=1S/C23H24N6O2/c30-22-23(31-21-9-6-18(29(21)22)17-4-2-1-3-5-17)10-13-27(14-11-23)19-7-8-20(26-25-19)28-15-12-24-16-28/h1-5,7-8,12,15-16,18,21H,6,9-11,13-14H2/t18-,21?/m0/s1. The van der Waals surface area contributed by atoms with E-state index in [2.05, 4.69) is 32.2 Å². The molecule has 0 aliphatic carbocycles. The molecular weight excluding hydrogens is 392 g/mol. The highest BCUT2D eigenvalue weighted by Crippen LogP contribution is 2.47. The van der Waals surface area contributed by atoms with Crippen molar-refractivity contribution in [3.05, 3.63) is 66.7 Å². The largest absolute Gasteiger partial charge is 0.355 e. The fourth-order valence-corrected chi connectivity index (χ4v) is 5.16. The number of benzene rings is 1. The monoisotopic (exact) mass is 416 g/mol. The molecule has 8 heteroatoms. The zero-order chi connectivity index (χ0) is 20.8. The number of hydrogen-bond donors (Lipinski definition) is 0. The highest BCUT2D eigenvalue weighted by molar-refractivity contribution is 5.88. The first-order valence-electron chi connectivity index (χ1n) is 10.9. The number of carbonyl (C=O) groups excluding carboxylic acids is 1. The van der Waals surface area contributed by atoms with Gasteiger partial charge in [-0.3, -0.25) is 9.36 Å². The van der Waals surface area contributed by atoms with Gasteiger partial charge in [0.15, 0.2) is 17.2 Å². The Bertz CT molecular complexity index is 1060. The van der Waals surface area contributed by atoms with Crippen LogP contribution in [0.15, 0.2) is 61.2 Å². The summed E-state index contributed by atoms with van der Waals surface area (Å²) in [4.78, 5) is 21.7. The number of nitrogens with zero attached hydrogens (tertiary/aromatic N) is 6. The maximum atomic E-state index is 13.5. The third kappa shape index (κ3) is 3.01. The second kappa shape index (κ2) is 7.16. The van der Waals surface area contributed by atoms with Crippen molar-refractivity contribution in [2.45, 2.75) is 43.6 Å². The summed E-state index contributed by atoms with van der Waals surface area (Å²) in [6.45, 7) is 1.45. The summed E-state index contributed by atoms with van der Waals surface area (Å²) in [7, 11) is 0. The van der Waals surface area contributed by atoms with Crippen molar-refractivity contribution in [1.29, 1.82) is 0 Å². The van der Waals surface area contributed by atoms with Gasteiger partial charge in [-0.25, -0.2) is 4.98 Å². The molecular formula is C23H24N6O2. The molecule has 3 fully saturated rings. The molecule has 2 atom stereocenters. The predicted octanol–water partition coefficient (Wildman–Crippen LogP) is 2.72. The van der Waals surface area contributed by atoms with E-state index in [0.29, 0.717) is 12.8 Å². The summed E-state index contributed by atoms with van der Waals surface area (Å²) in [6, 6.07) is 14.3. The van der Waals surface area contributed by atoms with Gasteiger partial charge in [-0.15, -0.1) is 10.2 Å². The number of carbonyl (C=O) groups is 1. The SMILES string of the molecule is O=C1N2C(CC[C@H]2c2ccccc2)OC12CCN(c1ccc(-n3ccnc3)nn1)CC2. The van der Waals surface area contributed by atoms with Crippen LogP contribution in [0.5, 0.6) is 0 Å². The third-order valence-electron chi connectivity index (χ3n) is 6.80. The zero-order valence-corrected chi connectivity index (χ0v) is 17.2. The first-order valence-corrected chi connectivity index (χ1v) is 10.9. The number of rotatable bonds is 3. The van der Waals surface area contributed by atoms with Crippen LogP contribution in [-0.4, -0.2) is 55.5 Å². The lowest BCUT2D eigenvalue weighted by Gasteiger charge is -2.38. The van der Waals surface area contributed by atoms with Crippen molar-refractivity contribution < 1.29 is 9.53 Å². The van der Waals surface area contributed by atoms with E-state index in [-0.39, 0.29) is 18.2 Å². The average molecular weight is 416 g/mol. The van der Waals surface area contributed by atoms with Crippen molar-refractivity contribution in [2.24, 2.45) is 0 Å². The summed E-state index contributed by atoms with van der Waals surface area (Å²) in [5.74, 6) is 1.72. The Morgan fingerprint density at radius 1 is 0.968 bits per heavy atom. The lowest BCUT2D eigenvalue weighted by atomic mass is 9.89. The molecule has 1 aromatic carbocycles. The minimum Gasteiger partial charge on any atom is -0.355 e. The van der Waals surface area contributed by atoms with Crippen LogP contribution in [-0.2, 0) is 9.53 Å². The van der Waals surface area contributed by atoms with Gasteiger partial charge >= 0.3 is 0 Å². The number of piperidine rings is 1. The molecule has 1 amide bonds. The average Bonchev–Trinajstić information content (AvgIpc) is 3.55. The van der Waals surface area contributed by atoms with Crippen LogP contribution >= 0.6 is 0 Å². The molecule has 0 saturated carbocycles. The highest BCUT2D eigenvalue weighted by Gasteiger charge is 2.57. The summed E-state index contributed by atoms with van der Waals surface area (Å²) < 4.78 is 8.26. The Morgan fingerprint density at radius 3 is 2.45 bits per heavy atom. The number of imidazole rings is 1. The van der Waals surface area contributed by atoms with E-state index in [9.17, 15) is 4.79 Å². The van der Waals surface area contributed by atoms with Gasteiger partial charge in [-0.05, 0) is 30.5 Å². The van der Waals surface area contributed by atoms with Crippen LogP contribution in [0, 0.1) is 0 Å². The fourth-order valence-electron chi connectivity index (χ4n) is 5.16. The minimum atomic E-state index is -0.696. The molecule has 8 nitrogen and oxygen atoms in total. The van der Waals surface area contributed by atoms with Gasteiger partial charge in [0.25, 0.3) is 5.91 Å². The molecule has 31 heavy (non-hydrogen) atoms. The Morgan fingerprint density at radius 2 is 1.74 bits per heavy atom. The van der Waals surface area contributed by atoms with E-state index in [1.165, 1.54) is 5.56 Å².